The zero-order valence-electron chi connectivity index (χ0n) is 11.8. The molecule has 2 atom stereocenters. The summed E-state index contributed by atoms with van der Waals surface area (Å²) in [6, 6.07) is -0.000995. The van der Waals surface area contributed by atoms with Gasteiger partial charge in [-0.05, 0) is 13.3 Å². The molecule has 0 aromatic carbocycles. The number of amides is 1. The predicted molar refractivity (Wildman–Crippen MR) is 70.3 cm³/mol. The maximum absolute atomic E-state index is 12.1. The van der Waals surface area contributed by atoms with Crippen LogP contribution in [-0.2, 0) is 14.3 Å². The second-order valence-electron chi connectivity index (χ2n) is 4.67. The lowest BCUT2D eigenvalue weighted by Gasteiger charge is -2.20. The van der Waals surface area contributed by atoms with E-state index in [1.165, 1.54) is 0 Å². The normalized spacial score (nSPS) is 23.9. The quantitative estimate of drug-likeness (QED) is 0.627. The Hall–Kier alpha value is -0.650. The molecule has 0 bridgehead atoms. The van der Waals surface area contributed by atoms with Crippen LogP contribution in [0.3, 0.4) is 0 Å². The Morgan fingerprint density at radius 2 is 2.11 bits per heavy atom. The van der Waals surface area contributed by atoms with Gasteiger partial charge in [-0.25, -0.2) is 0 Å². The summed E-state index contributed by atoms with van der Waals surface area (Å²) in [7, 11) is 1.65. The second kappa shape index (κ2) is 8.45. The van der Waals surface area contributed by atoms with Crippen LogP contribution in [0.2, 0.25) is 0 Å². The van der Waals surface area contributed by atoms with Crippen molar-refractivity contribution < 1.29 is 14.3 Å². The van der Waals surface area contributed by atoms with Crippen LogP contribution in [0.1, 0.15) is 33.1 Å². The minimum Gasteiger partial charge on any atom is -0.382 e. The average molecular weight is 258 g/mol. The number of hydrogen-bond donors (Lipinski definition) is 1. The van der Waals surface area contributed by atoms with Crippen LogP contribution in [0.5, 0.6) is 0 Å². The fourth-order valence-electron chi connectivity index (χ4n) is 2.17. The summed E-state index contributed by atoms with van der Waals surface area (Å²) < 4.78 is 10.3. The van der Waals surface area contributed by atoms with Gasteiger partial charge in [0, 0.05) is 13.7 Å². The molecular weight excluding hydrogens is 232 g/mol. The van der Waals surface area contributed by atoms with Crippen molar-refractivity contribution in [2.24, 2.45) is 0 Å². The number of carbonyl (C=O) groups is 1. The molecule has 1 aliphatic heterocycles. The molecule has 0 saturated carbocycles. The summed E-state index contributed by atoms with van der Waals surface area (Å²) >= 11 is 0. The number of unbranched alkanes of at least 4 members (excludes halogenated alkanes) is 1. The molecule has 5 heteroatoms. The summed E-state index contributed by atoms with van der Waals surface area (Å²) in [6.07, 6.45) is 3.26. The number of nitrogens with zero attached hydrogens (tertiary/aromatic N) is 1. The van der Waals surface area contributed by atoms with Gasteiger partial charge < -0.3 is 14.4 Å². The van der Waals surface area contributed by atoms with Crippen LogP contribution in [0.15, 0.2) is 0 Å². The number of carbonyl (C=O) groups excluding carboxylic acids is 1. The molecule has 1 N–H and O–H groups in total. The van der Waals surface area contributed by atoms with Gasteiger partial charge in [-0.2, -0.15) is 0 Å². The summed E-state index contributed by atoms with van der Waals surface area (Å²) in [5, 5.41) is 3.34. The summed E-state index contributed by atoms with van der Waals surface area (Å²) in [4.78, 5) is 14.0. The maximum atomic E-state index is 12.1. The molecule has 1 fully saturated rings. The Morgan fingerprint density at radius 3 is 2.78 bits per heavy atom. The van der Waals surface area contributed by atoms with Gasteiger partial charge in [-0.3, -0.25) is 10.1 Å². The molecule has 1 rings (SSSR count). The molecule has 2 unspecified atom stereocenters. The highest BCUT2D eigenvalue weighted by Crippen LogP contribution is 2.14. The largest absolute Gasteiger partial charge is 0.382 e. The van der Waals surface area contributed by atoms with Gasteiger partial charge in [-0.1, -0.05) is 19.8 Å². The Bertz CT molecular complexity index is 248. The van der Waals surface area contributed by atoms with E-state index in [2.05, 4.69) is 12.2 Å². The molecule has 0 aromatic rings. The third-order valence-corrected chi connectivity index (χ3v) is 3.25. The topological polar surface area (TPSA) is 50.8 Å². The Labute approximate surface area is 110 Å². The zero-order valence-corrected chi connectivity index (χ0v) is 11.8. The molecule has 1 aliphatic rings. The number of hydrogen-bond acceptors (Lipinski definition) is 4. The molecule has 1 heterocycles. The number of methoxy groups -OCH3 is 1. The molecule has 1 amide bonds. The van der Waals surface area contributed by atoms with Crippen molar-refractivity contribution in [3.05, 3.63) is 0 Å². The zero-order chi connectivity index (χ0) is 13.4. The predicted octanol–water partition coefficient (Wildman–Crippen LogP) is 0.986. The van der Waals surface area contributed by atoms with E-state index in [4.69, 9.17) is 9.47 Å². The van der Waals surface area contributed by atoms with Gasteiger partial charge in [0.05, 0.1) is 32.0 Å². The molecular formula is C13H26N2O3. The average Bonchev–Trinajstić information content (AvgIpc) is 2.63. The SMILES string of the molecule is CCCCC1NC(C)N(CCOCCOC)C1=O. The molecule has 0 spiro atoms. The fraction of sp³-hybridized carbons (Fsp3) is 0.923. The van der Waals surface area contributed by atoms with Crippen LogP contribution in [0.4, 0.5) is 0 Å². The fourth-order valence-corrected chi connectivity index (χ4v) is 2.17. The lowest BCUT2D eigenvalue weighted by Crippen LogP contribution is -2.37. The molecule has 18 heavy (non-hydrogen) atoms. The van der Waals surface area contributed by atoms with Crippen LogP contribution in [0.25, 0.3) is 0 Å². The second-order valence-corrected chi connectivity index (χ2v) is 4.67. The van der Waals surface area contributed by atoms with Gasteiger partial charge in [0.25, 0.3) is 0 Å². The lowest BCUT2D eigenvalue weighted by atomic mass is 10.1. The summed E-state index contributed by atoms with van der Waals surface area (Å²) in [6.45, 7) is 6.57. The van der Waals surface area contributed by atoms with Crippen molar-refractivity contribution in [3.8, 4) is 0 Å². The van der Waals surface area contributed by atoms with Crippen molar-refractivity contribution in [1.82, 2.24) is 10.2 Å². The third kappa shape index (κ3) is 4.55. The highest BCUT2D eigenvalue weighted by Gasteiger charge is 2.35. The minimum absolute atomic E-state index is 0.000995. The first-order chi connectivity index (χ1) is 8.70. The van der Waals surface area contributed by atoms with Crippen LogP contribution < -0.4 is 5.32 Å². The van der Waals surface area contributed by atoms with Crippen molar-refractivity contribution in [1.29, 1.82) is 0 Å². The van der Waals surface area contributed by atoms with Crippen LogP contribution in [0, 0.1) is 0 Å². The van der Waals surface area contributed by atoms with E-state index in [0.29, 0.717) is 26.4 Å². The lowest BCUT2D eigenvalue weighted by molar-refractivity contribution is -0.130. The van der Waals surface area contributed by atoms with Gasteiger partial charge in [0.15, 0.2) is 0 Å². The molecule has 106 valence electrons. The highest BCUT2D eigenvalue weighted by atomic mass is 16.5. The van der Waals surface area contributed by atoms with Crippen molar-refractivity contribution in [2.45, 2.75) is 45.3 Å². The summed E-state index contributed by atoms with van der Waals surface area (Å²) in [5.41, 5.74) is 0. The maximum Gasteiger partial charge on any atom is 0.241 e. The Balaban J connectivity index is 2.25. The monoisotopic (exact) mass is 258 g/mol. The van der Waals surface area contributed by atoms with E-state index in [9.17, 15) is 4.79 Å². The Morgan fingerprint density at radius 1 is 1.33 bits per heavy atom. The molecule has 0 radical (unpaired) electrons. The molecule has 0 aromatic heterocycles. The molecule has 1 saturated heterocycles. The van der Waals surface area contributed by atoms with Gasteiger partial charge in [-0.15, -0.1) is 0 Å². The molecule has 0 aliphatic carbocycles. The van der Waals surface area contributed by atoms with Crippen molar-refractivity contribution >= 4 is 5.91 Å². The van der Waals surface area contributed by atoms with Gasteiger partial charge in [0.2, 0.25) is 5.91 Å². The standard InChI is InChI=1S/C13H26N2O3/c1-4-5-6-12-13(16)15(11(2)14-12)7-8-18-10-9-17-3/h11-12,14H,4-10H2,1-3H3. The van der Waals surface area contributed by atoms with Crippen molar-refractivity contribution in [3.63, 3.8) is 0 Å². The highest BCUT2D eigenvalue weighted by molar-refractivity contribution is 5.84. The smallest absolute Gasteiger partial charge is 0.241 e. The minimum atomic E-state index is -0.000995. The third-order valence-electron chi connectivity index (χ3n) is 3.25. The van der Waals surface area contributed by atoms with E-state index in [1.54, 1.807) is 7.11 Å². The first-order valence-corrected chi connectivity index (χ1v) is 6.84. The summed E-state index contributed by atoms with van der Waals surface area (Å²) in [5.74, 6) is 0.214. The number of ether oxygens (including phenoxy) is 2. The van der Waals surface area contributed by atoms with E-state index in [-0.39, 0.29) is 18.1 Å². The van der Waals surface area contributed by atoms with Crippen LogP contribution >= 0.6 is 0 Å². The van der Waals surface area contributed by atoms with E-state index >= 15 is 0 Å². The van der Waals surface area contributed by atoms with E-state index in [1.807, 2.05) is 11.8 Å². The van der Waals surface area contributed by atoms with Gasteiger partial charge >= 0.3 is 0 Å². The van der Waals surface area contributed by atoms with Gasteiger partial charge in [0.1, 0.15) is 0 Å². The number of rotatable bonds is 9. The number of nitrogens with one attached hydrogen (secondary N) is 1. The van der Waals surface area contributed by atoms with E-state index in [0.717, 1.165) is 19.3 Å². The van der Waals surface area contributed by atoms with Crippen molar-refractivity contribution in [2.75, 3.05) is 33.5 Å². The first-order valence-electron chi connectivity index (χ1n) is 6.84. The van der Waals surface area contributed by atoms with Crippen LogP contribution in [-0.4, -0.2) is 56.5 Å². The molecule has 5 nitrogen and oxygen atoms in total. The van der Waals surface area contributed by atoms with E-state index < -0.39 is 0 Å². The first kappa shape index (κ1) is 15.4. The Kier molecular flexibility index (Phi) is 7.23.